The van der Waals surface area contributed by atoms with Crippen molar-refractivity contribution in [3.05, 3.63) is 11.6 Å². The van der Waals surface area contributed by atoms with Crippen LogP contribution in [-0.2, 0) is 4.79 Å². The van der Waals surface area contributed by atoms with Crippen LogP contribution in [0.3, 0.4) is 0 Å². The van der Waals surface area contributed by atoms with Gasteiger partial charge >= 0.3 is 0 Å². The molecule has 4 bridgehead atoms. The number of aromatic nitrogens is 1. The Kier molecular flexibility index (Phi) is 4.10. The summed E-state index contributed by atoms with van der Waals surface area (Å²) in [5.74, 6) is 3.09. The van der Waals surface area contributed by atoms with Crippen molar-refractivity contribution in [3.63, 3.8) is 0 Å². The van der Waals surface area contributed by atoms with Crippen molar-refractivity contribution in [1.29, 1.82) is 0 Å². The van der Waals surface area contributed by atoms with E-state index >= 15 is 0 Å². The molecule has 4 aliphatic carbocycles. The van der Waals surface area contributed by atoms with Gasteiger partial charge in [0.1, 0.15) is 0 Å². The van der Waals surface area contributed by atoms with Gasteiger partial charge in [-0.15, -0.1) is 11.3 Å². The van der Waals surface area contributed by atoms with Crippen LogP contribution in [0.5, 0.6) is 0 Å². The average molecular weight is 361 g/mol. The van der Waals surface area contributed by atoms with Gasteiger partial charge in [-0.3, -0.25) is 14.6 Å². The molecule has 6 rings (SSSR count). The van der Waals surface area contributed by atoms with Gasteiger partial charge in [0.15, 0.2) is 5.13 Å². The van der Waals surface area contributed by atoms with Gasteiger partial charge in [0.05, 0.1) is 6.54 Å². The van der Waals surface area contributed by atoms with Gasteiger partial charge in [0.2, 0.25) is 5.91 Å². The summed E-state index contributed by atoms with van der Waals surface area (Å²) in [4.78, 5) is 21.4. The normalized spacial score (nSPS) is 38.2. The fraction of sp³-hybridized carbons (Fsp3) is 0.789. The fourth-order valence-electron chi connectivity index (χ4n) is 6.48. The van der Waals surface area contributed by atoms with Crippen molar-refractivity contribution in [2.24, 2.45) is 17.8 Å². The number of amides is 1. The fourth-order valence-corrected chi connectivity index (χ4v) is 7.02. The number of hydrogen-bond donors (Lipinski definition) is 1. The molecule has 5 fully saturated rings. The first-order chi connectivity index (χ1) is 12.2. The lowest BCUT2D eigenvalue weighted by Crippen LogP contribution is -2.64. The summed E-state index contributed by atoms with van der Waals surface area (Å²) in [6.07, 6.45) is 10.6. The Hall–Kier alpha value is -0.980. The Bertz CT molecular complexity index is 588. The molecule has 0 atom stereocenters. The van der Waals surface area contributed by atoms with Crippen molar-refractivity contribution >= 4 is 22.4 Å². The van der Waals surface area contributed by atoms with Gasteiger partial charge in [0.25, 0.3) is 0 Å². The second-order valence-corrected chi connectivity index (χ2v) is 9.69. The van der Waals surface area contributed by atoms with E-state index in [4.69, 9.17) is 0 Å². The molecule has 0 spiro atoms. The number of thiazole rings is 1. The van der Waals surface area contributed by atoms with Gasteiger partial charge in [-0.2, -0.15) is 0 Å². The van der Waals surface area contributed by atoms with Crippen molar-refractivity contribution in [1.82, 2.24) is 14.8 Å². The molecule has 0 unspecified atom stereocenters. The maximum atomic E-state index is 12.2. The molecule has 2 heterocycles. The summed E-state index contributed by atoms with van der Waals surface area (Å²) >= 11 is 1.48. The Morgan fingerprint density at radius 1 is 1.12 bits per heavy atom. The molecule has 0 aromatic carbocycles. The van der Waals surface area contributed by atoms with Crippen LogP contribution in [0.15, 0.2) is 11.6 Å². The Morgan fingerprint density at radius 2 is 1.76 bits per heavy atom. The minimum atomic E-state index is 0.0678. The molecule has 1 N–H and O–H groups in total. The standard InChI is InChI=1S/C19H28N4OS/c24-17(21-18-20-1-6-25-18)13-22-2-4-23(5-3-22)19-10-14-7-15(11-19)9-16(8-14)12-19/h1,6,14-16H,2-5,7-13H2,(H,20,21,24). The number of hydrogen-bond acceptors (Lipinski definition) is 5. The van der Waals surface area contributed by atoms with E-state index in [2.05, 4.69) is 20.1 Å². The van der Waals surface area contributed by atoms with Gasteiger partial charge in [0, 0.05) is 43.3 Å². The minimum absolute atomic E-state index is 0.0678. The summed E-state index contributed by atoms with van der Waals surface area (Å²) in [6.45, 7) is 4.81. The number of nitrogens with zero attached hydrogens (tertiary/aromatic N) is 3. The quantitative estimate of drug-likeness (QED) is 0.897. The minimum Gasteiger partial charge on any atom is -0.301 e. The van der Waals surface area contributed by atoms with Crippen LogP contribution >= 0.6 is 11.3 Å². The van der Waals surface area contributed by atoms with E-state index in [9.17, 15) is 4.79 Å². The number of anilines is 1. The summed E-state index contributed by atoms with van der Waals surface area (Å²) in [5.41, 5.74) is 0.518. The number of piperazine rings is 1. The maximum Gasteiger partial charge on any atom is 0.240 e. The van der Waals surface area contributed by atoms with Crippen LogP contribution in [0.25, 0.3) is 0 Å². The molecule has 1 aliphatic heterocycles. The largest absolute Gasteiger partial charge is 0.301 e. The zero-order valence-corrected chi connectivity index (χ0v) is 15.6. The van der Waals surface area contributed by atoms with Crippen molar-refractivity contribution < 1.29 is 4.79 Å². The second kappa shape index (κ2) is 6.32. The zero-order chi connectivity index (χ0) is 16.9. The topological polar surface area (TPSA) is 48.5 Å². The van der Waals surface area contributed by atoms with E-state index in [1.165, 1.54) is 49.9 Å². The molecule has 25 heavy (non-hydrogen) atoms. The first kappa shape index (κ1) is 16.2. The molecule has 1 amide bonds. The molecule has 1 saturated heterocycles. The predicted molar refractivity (Wildman–Crippen MR) is 99.7 cm³/mol. The summed E-state index contributed by atoms with van der Waals surface area (Å²) in [7, 11) is 0. The number of rotatable bonds is 4. The molecular formula is C19H28N4OS. The Labute approximate surface area is 153 Å². The first-order valence-corrected chi connectivity index (χ1v) is 10.7. The lowest BCUT2D eigenvalue weighted by Gasteiger charge is -2.61. The maximum absolute atomic E-state index is 12.2. The summed E-state index contributed by atoms with van der Waals surface area (Å²) in [5, 5.41) is 5.50. The Balaban J connectivity index is 1.16. The molecule has 0 radical (unpaired) electrons. The van der Waals surface area contributed by atoms with Crippen LogP contribution in [0, 0.1) is 17.8 Å². The zero-order valence-electron chi connectivity index (χ0n) is 14.8. The lowest BCUT2D eigenvalue weighted by molar-refractivity contribution is -0.120. The van der Waals surface area contributed by atoms with E-state index in [1.807, 2.05) is 5.38 Å². The van der Waals surface area contributed by atoms with E-state index in [0.29, 0.717) is 17.2 Å². The monoisotopic (exact) mass is 360 g/mol. The van der Waals surface area contributed by atoms with Crippen LogP contribution in [0.2, 0.25) is 0 Å². The van der Waals surface area contributed by atoms with Crippen LogP contribution in [0.4, 0.5) is 5.13 Å². The molecule has 4 saturated carbocycles. The van der Waals surface area contributed by atoms with Gasteiger partial charge in [-0.25, -0.2) is 4.98 Å². The van der Waals surface area contributed by atoms with E-state index < -0.39 is 0 Å². The summed E-state index contributed by atoms with van der Waals surface area (Å²) < 4.78 is 0. The predicted octanol–water partition coefficient (Wildman–Crippen LogP) is 2.67. The van der Waals surface area contributed by atoms with Gasteiger partial charge < -0.3 is 5.32 Å². The molecule has 1 aromatic rings. The second-order valence-electron chi connectivity index (χ2n) is 8.79. The summed E-state index contributed by atoms with van der Waals surface area (Å²) in [6, 6.07) is 0. The first-order valence-electron chi connectivity index (χ1n) is 9.85. The number of nitrogens with one attached hydrogen (secondary N) is 1. The highest BCUT2D eigenvalue weighted by Gasteiger charge is 2.53. The highest BCUT2D eigenvalue weighted by Crippen LogP contribution is 2.57. The molecular weight excluding hydrogens is 332 g/mol. The van der Waals surface area contributed by atoms with Gasteiger partial charge in [-0.1, -0.05) is 0 Å². The molecule has 5 aliphatic rings. The third-order valence-electron chi connectivity index (χ3n) is 7.09. The molecule has 5 nitrogen and oxygen atoms in total. The van der Waals surface area contributed by atoms with Gasteiger partial charge in [-0.05, 0) is 56.3 Å². The highest BCUT2D eigenvalue weighted by molar-refractivity contribution is 7.13. The van der Waals surface area contributed by atoms with E-state index in [1.54, 1.807) is 6.20 Å². The van der Waals surface area contributed by atoms with E-state index in [0.717, 1.165) is 43.9 Å². The molecule has 136 valence electrons. The SMILES string of the molecule is O=C(CN1CCN(C23CC4CC(CC(C4)C2)C3)CC1)Nc1nccs1. The molecule has 6 heteroatoms. The van der Waals surface area contributed by atoms with Crippen LogP contribution < -0.4 is 5.32 Å². The van der Waals surface area contributed by atoms with Crippen LogP contribution in [0.1, 0.15) is 38.5 Å². The lowest BCUT2D eigenvalue weighted by atomic mass is 9.52. The van der Waals surface area contributed by atoms with Crippen LogP contribution in [-0.4, -0.2) is 59.0 Å². The average Bonchev–Trinajstić information content (AvgIpc) is 3.07. The van der Waals surface area contributed by atoms with Crippen molar-refractivity contribution in [2.45, 2.75) is 44.1 Å². The third kappa shape index (κ3) is 3.13. The third-order valence-corrected chi connectivity index (χ3v) is 7.78. The highest BCUT2D eigenvalue weighted by atomic mass is 32.1. The molecule has 1 aromatic heterocycles. The van der Waals surface area contributed by atoms with E-state index in [-0.39, 0.29) is 5.91 Å². The Morgan fingerprint density at radius 3 is 2.32 bits per heavy atom. The van der Waals surface area contributed by atoms with Crippen molar-refractivity contribution in [2.75, 3.05) is 38.0 Å². The van der Waals surface area contributed by atoms with Crippen molar-refractivity contribution in [3.8, 4) is 0 Å². The smallest absolute Gasteiger partial charge is 0.240 e. The number of carbonyl (C=O) groups excluding carboxylic acids is 1. The number of carbonyl (C=O) groups is 1.